The summed E-state index contributed by atoms with van der Waals surface area (Å²) in [4.78, 5) is 52.7. The minimum absolute atomic E-state index is 0. The first-order valence-electron chi connectivity index (χ1n) is 16.8. The van der Waals surface area contributed by atoms with Crippen LogP contribution in [-0.2, 0) is 4.79 Å². The van der Waals surface area contributed by atoms with Gasteiger partial charge < -0.3 is 34.5 Å². The summed E-state index contributed by atoms with van der Waals surface area (Å²) in [5.74, 6) is 3.40. The normalized spacial score (nSPS) is 12.8. The van der Waals surface area contributed by atoms with E-state index < -0.39 is 0 Å². The van der Waals surface area contributed by atoms with E-state index in [1.807, 2.05) is 37.3 Å². The summed E-state index contributed by atoms with van der Waals surface area (Å²) < 4.78 is 11.8. The fourth-order valence-electron chi connectivity index (χ4n) is 5.87. The Morgan fingerprint density at radius 3 is 2.45 bits per heavy atom. The van der Waals surface area contributed by atoms with Crippen LogP contribution in [0, 0.1) is 6.92 Å². The first-order chi connectivity index (χ1) is 23.6. The smallest absolute Gasteiger partial charge is 0.259 e. The van der Waals surface area contributed by atoms with E-state index in [1.54, 1.807) is 31.3 Å². The number of halogens is 2. The molecule has 0 spiro atoms. The summed E-state index contributed by atoms with van der Waals surface area (Å²) in [6, 6.07) is 16.1. The van der Waals surface area contributed by atoms with Crippen LogP contribution < -0.4 is 19.7 Å². The molecule has 13 heteroatoms. The Balaban J connectivity index is 0.00000351. The second kappa shape index (κ2) is 18.6. The fourth-order valence-corrected chi connectivity index (χ4v) is 5.87. The number of fused-ring (bicyclic) bond motifs is 1. The number of nitrogens with zero attached hydrogens (tertiary/aromatic N) is 4. The van der Waals surface area contributed by atoms with E-state index in [4.69, 9.17) is 9.47 Å². The average Bonchev–Trinajstić information content (AvgIpc) is 3.56. The maximum Gasteiger partial charge on any atom is 0.259 e. The van der Waals surface area contributed by atoms with Crippen LogP contribution in [-0.4, -0.2) is 91.5 Å². The van der Waals surface area contributed by atoms with Gasteiger partial charge in [-0.3, -0.25) is 9.59 Å². The number of hydrogen-bond donors (Lipinski definition) is 2. The van der Waals surface area contributed by atoms with Crippen molar-refractivity contribution in [3.63, 3.8) is 0 Å². The maximum atomic E-state index is 13.7. The number of aromatic nitrogens is 2. The zero-order valence-corrected chi connectivity index (χ0v) is 31.7. The Hall–Kier alpha value is -4.54. The van der Waals surface area contributed by atoms with Crippen molar-refractivity contribution in [3.05, 3.63) is 82.8 Å². The number of anilines is 2. The Labute approximate surface area is 312 Å². The van der Waals surface area contributed by atoms with Crippen molar-refractivity contribution >= 4 is 65.0 Å². The molecule has 1 fully saturated rings. The van der Waals surface area contributed by atoms with Gasteiger partial charge in [-0.1, -0.05) is 26.0 Å². The van der Waals surface area contributed by atoms with Crippen molar-refractivity contribution in [2.45, 2.75) is 46.0 Å². The highest BCUT2D eigenvalue weighted by molar-refractivity contribution is 6.11. The fraction of sp³-hybridized carbons (Fsp3) is 0.395. The van der Waals surface area contributed by atoms with Gasteiger partial charge in [0.2, 0.25) is 0 Å². The first kappa shape index (κ1) is 40.9. The van der Waals surface area contributed by atoms with Crippen molar-refractivity contribution < 1.29 is 23.9 Å². The van der Waals surface area contributed by atoms with E-state index in [1.165, 1.54) is 12.0 Å². The Bertz CT molecular complexity index is 1860. The minimum Gasteiger partial charge on any atom is -0.496 e. The van der Waals surface area contributed by atoms with Gasteiger partial charge >= 0.3 is 0 Å². The topological polar surface area (TPSA) is 120 Å². The number of piperazine rings is 1. The molecule has 5 rings (SSSR count). The van der Waals surface area contributed by atoms with Gasteiger partial charge in [-0.05, 0) is 81.3 Å². The van der Waals surface area contributed by atoms with Crippen LogP contribution in [0.2, 0.25) is 0 Å². The van der Waals surface area contributed by atoms with E-state index in [2.05, 4.69) is 51.9 Å². The summed E-state index contributed by atoms with van der Waals surface area (Å²) >= 11 is 0. The van der Waals surface area contributed by atoms with Gasteiger partial charge in [-0.15, -0.1) is 24.8 Å². The van der Waals surface area contributed by atoms with E-state index >= 15 is 0 Å². The van der Waals surface area contributed by atoms with Gasteiger partial charge in [0.15, 0.2) is 0 Å². The SMILES string of the molecule is COc1cc(C(=O)N(C)c2ccc(C)cc2OCCCCC(=C=O)N2CCN(C)CC2)ccc1C(=O)Nc1cccc2[nH]c(C(C)C)nc12.Cl.Cl. The lowest BCUT2D eigenvalue weighted by Gasteiger charge is -2.34. The number of carbonyl (C=O) groups excluding carboxylic acids is 3. The van der Waals surface area contributed by atoms with Gasteiger partial charge in [-0.25, -0.2) is 9.78 Å². The number of allylic oxidation sites excluding steroid dienone is 1. The molecule has 274 valence electrons. The molecule has 0 bridgehead atoms. The number of hydrogen-bond acceptors (Lipinski definition) is 8. The number of unbranched alkanes of at least 4 members (excludes halogenated alkanes) is 1. The van der Waals surface area contributed by atoms with Crippen LogP contribution in [0.25, 0.3) is 11.0 Å². The number of para-hydroxylation sites is 1. The van der Waals surface area contributed by atoms with Crippen LogP contribution in [0.3, 0.4) is 0 Å². The van der Waals surface area contributed by atoms with Crippen LogP contribution in [0.5, 0.6) is 11.5 Å². The summed E-state index contributed by atoms with van der Waals surface area (Å²) in [6.07, 6.45) is 2.20. The average molecular weight is 740 g/mol. The molecule has 3 aromatic carbocycles. The highest BCUT2D eigenvalue weighted by Crippen LogP contribution is 2.32. The first-order valence-corrected chi connectivity index (χ1v) is 16.8. The van der Waals surface area contributed by atoms with Crippen molar-refractivity contribution in [1.29, 1.82) is 0 Å². The number of benzene rings is 3. The van der Waals surface area contributed by atoms with E-state index in [0.717, 1.165) is 61.6 Å². The summed E-state index contributed by atoms with van der Waals surface area (Å²) in [5.41, 5.74) is 5.09. The monoisotopic (exact) mass is 738 g/mol. The molecule has 0 radical (unpaired) electrons. The van der Waals surface area contributed by atoms with Gasteiger partial charge in [0.05, 0.1) is 41.9 Å². The van der Waals surface area contributed by atoms with Crippen molar-refractivity contribution in [1.82, 2.24) is 19.8 Å². The third-order valence-electron chi connectivity index (χ3n) is 8.87. The van der Waals surface area contributed by atoms with Crippen molar-refractivity contribution in [2.75, 3.05) is 64.2 Å². The van der Waals surface area contributed by atoms with Crippen molar-refractivity contribution in [2.24, 2.45) is 0 Å². The van der Waals surface area contributed by atoms with Crippen LogP contribution >= 0.6 is 24.8 Å². The molecular formula is C38H48Cl2N6O5. The molecule has 1 saturated heterocycles. The van der Waals surface area contributed by atoms with Crippen molar-refractivity contribution in [3.8, 4) is 11.5 Å². The molecule has 0 unspecified atom stereocenters. The molecule has 11 nitrogen and oxygen atoms in total. The number of amides is 2. The second-order valence-electron chi connectivity index (χ2n) is 12.8. The van der Waals surface area contributed by atoms with E-state index in [-0.39, 0.29) is 53.9 Å². The van der Waals surface area contributed by atoms with Gasteiger partial charge in [0, 0.05) is 44.7 Å². The van der Waals surface area contributed by atoms with Crippen LogP contribution in [0.15, 0.2) is 60.3 Å². The Morgan fingerprint density at radius 1 is 1.02 bits per heavy atom. The number of aromatic amines is 1. The standard InChI is InChI=1S/C38H46N6O5.2ClH/c1-25(2)36-39-30-11-9-12-31(35(30)41-36)40-37(46)29-15-14-27(23-33(29)48-6)38(47)43(5)32-16-13-26(3)22-34(32)49-21-8-7-10-28(24-45)44-19-17-42(4)18-20-44;;/h9,11-16,22-23,25H,7-8,10,17-21H2,1-6H3,(H,39,41)(H,40,46);2*1H. The largest absolute Gasteiger partial charge is 0.496 e. The van der Waals surface area contributed by atoms with Gasteiger partial charge in [-0.2, -0.15) is 0 Å². The zero-order valence-electron chi connectivity index (χ0n) is 30.1. The van der Waals surface area contributed by atoms with E-state index in [9.17, 15) is 14.4 Å². The number of imidazole rings is 1. The molecule has 0 saturated carbocycles. The maximum absolute atomic E-state index is 13.7. The number of methoxy groups -OCH3 is 1. The molecule has 2 amide bonds. The molecule has 1 aromatic heterocycles. The third kappa shape index (κ3) is 9.83. The number of nitrogens with one attached hydrogen (secondary N) is 2. The second-order valence-corrected chi connectivity index (χ2v) is 12.8. The highest BCUT2D eigenvalue weighted by atomic mass is 35.5. The van der Waals surface area contributed by atoms with Crippen LogP contribution in [0.4, 0.5) is 11.4 Å². The lowest BCUT2D eigenvalue weighted by Crippen LogP contribution is -2.44. The molecule has 1 aliphatic heterocycles. The number of aryl methyl sites for hydroxylation is 1. The number of rotatable bonds is 13. The highest BCUT2D eigenvalue weighted by Gasteiger charge is 2.22. The predicted octanol–water partition coefficient (Wildman–Crippen LogP) is 6.89. The molecule has 1 aliphatic rings. The zero-order chi connectivity index (χ0) is 35.1. The number of likely N-dealkylation sites (N-methyl/N-ethyl adjacent to an activating group) is 1. The summed E-state index contributed by atoms with van der Waals surface area (Å²) in [6.45, 7) is 10.1. The molecule has 0 aliphatic carbocycles. The van der Waals surface area contributed by atoms with Crippen LogP contribution in [0.1, 0.15) is 71.1 Å². The number of H-pyrrole nitrogens is 1. The predicted molar refractivity (Wildman–Crippen MR) is 207 cm³/mol. The van der Waals surface area contributed by atoms with Gasteiger partial charge in [0.25, 0.3) is 11.8 Å². The quantitative estimate of drug-likeness (QED) is 0.113. The Morgan fingerprint density at radius 2 is 1.76 bits per heavy atom. The molecule has 2 heterocycles. The number of ether oxygens (including phenoxy) is 2. The summed E-state index contributed by atoms with van der Waals surface area (Å²) in [5, 5.41) is 2.96. The summed E-state index contributed by atoms with van der Waals surface area (Å²) in [7, 11) is 5.25. The molecule has 0 atom stereocenters. The molecule has 2 N–H and O–H groups in total. The lowest BCUT2D eigenvalue weighted by molar-refractivity contribution is 0.0987. The third-order valence-corrected chi connectivity index (χ3v) is 8.87. The molecule has 51 heavy (non-hydrogen) atoms. The van der Waals surface area contributed by atoms with Gasteiger partial charge in [0.1, 0.15) is 28.8 Å². The minimum atomic E-state index is -0.376. The molecule has 4 aromatic rings. The number of carbonyl (C=O) groups is 2. The van der Waals surface area contributed by atoms with E-state index in [0.29, 0.717) is 41.2 Å². The molecular weight excluding hydrogens is 691 g/mol. The Kier molecular flexibility index (Phi) is 14.9. The lowest BCUT2D eigenvalue weighted by atomic mass is 10.1.